The van der Waals surface area contributed by atoms with E-state index in [9.17, 15) is 4.79 Å². The van der Waals surface area contributed by atoms with Gasteiger partial charge in [-0.3, -0.25) is 4.79 Å². The second-order valence-corrected chi connectivity index (χ2v) is 5.07. The van der Waals surface area contributed by atoms with Crippen LogP contribution in [0.2, 0.25) is 20.2 Å². The van der Waals surface area contributed by atoms with Crippen molar-refractivity contribution in [3.63, 3.8) is 0 Å². The quantitative estimate of drug-likeness (QED) is 0.564. The molecule has 1 aromatic carbocycles. The van der Waals surface area contributed by atoms with Gasteiger partial charge in [-0.05, 0) is 24.3 Å². The molecule has 2 rings (SSSR count). The van der Waals surface area contributed by atoms with Gasteiger partial charge < -0.3 is 0 Å². The van der Waals surface area contributed by atoms with Gasteiger partial charge in [0.25, 0.3) is 0 Å². The number of carbonyl (C=O) groups is 1. The maximum atomic E-state index is 11.0. The van der Waals surface area contributed by atoms with Gasteiger partial charge in [0.05, 0.1) is 15.7 Å². The zero-order valence-electron chi connectivity index (χ0n) is 8.75. The third-order valence-electron chi connectivity index (χ3n) is 2.26. The molecule has 92 valence electrons. The van der Waals surface area contributed by atoms with E-state index >= 15 is 0 Å². The molecule has 2 nitrogen and oxygen atoms in total. The van der Waals surface area contributed by atoms with Crippen molar-refractivity contribution in [1.82, 2.24) is 4.98 Å². The molecule has 0 aliphatic heterocycles. The van der Waals surface area contributed by atoms with Crippen LogP contribution in [0.25, 0.3) is 11.3 Å². The summed E-state index contributed by atoms with van der Waals surface area (Å²) in [6.45, 7) is 0. The van der Waals surface area contributed by atoms with E-state index in [1.807, 2.05) is 0 Å². The number of hydrogen-bond donors (Lipinski definition) is 0. The Morgan fingerprint density at radius 1 is 1.00 bits per heavy atom. The van der Waals surface area contributed by atoms with Gasteiger partial charge in [0.1, 0.15) is 5.15 Å². The molecule has 0 saturated carbocycles. The highest BCUT2D eigenvalue weighted by Crippen LogP contribution is 2.37. The summed E-state index contributed by atoms with van der Waals surface area (Å²) in [5.74, 6) is 0. The third-order valence-corrected chi connectivity index (χ3v) is 3.29. The standard InChI is InChI=1S/C12H5Cl4NO/c13-7-3-8(14)11(9(15)4-7)12-6(5-18)1-2-10(16)17-12/h1-5H. The molecule has 6 heteroatoms. The highest BCUT2D eigenvalue weighted by molar-refractivity contribution is 6.42. The lowest BCUT2D eigenvalue weighted by Crippen LogP contribution is -1.94. The van der Waals surface area contributed by atoms with Gasteiger partial charge in [0.15, 0.2) is 6.29 Å². The largest absolute Gasteiger partial charge is 0.298 e. The molecule has 2 aromatic rings. The Kier molecular flexibility index (Phi) is 4.13. The Balaban J connectivity index is 2.76. The number of rotatable bonds is 2. The Labute approximate surface area is 123 Å². The Morgan fingerprint density at radius 3 is 2.17 bits per heavy atom. The first-order valence-corrected chi connectivity index (χ1v) is 6.30. The van der Waals surface area contributed by atoms with Crippen molar-refractivity contribution in [3.05, 3.63) is 50.0 Å². The van der Waals surface area contributed by atoms with E-state index in [1.165, 1.54) is 18.2 Å². The molecule has 0 unspecified atom stereocenters. The molecule has 0 fully saturated rings. The lowest BCUT2D eigenvalue weighted by Gasteiger charge is -2.09. The maximum absolute atomic E-state index is 11.0. The minimum absolute atomic E-state index is 0.248. The van der Waals surface area contributed by atoms with Crippen molar-refractivity contribution in [2.45, 2.75) is 0 Å². The fourth-order valence-electron chi connectivity index (χ4n) is 1.51. The maximum Gasteiger partial charge on any atom is 0.152 e. The average Bonchev–Trinajstić information content (AvgIpc) is 2.28. The highest BCUT2D eigenvalue weighted by atomic mass is 35.5. The molecule has 1 heterocycles. The SMILES string of the molecule is O=Cc1ccc(Cl)nc1-c1c(Cl)cc(Cl)cc1Cl. The molecular weight excluding hydrogens is 316 g/mol. The summed E-state index contributed by atoms with van der Waals surface area (Å²) < 4.78 is 0. The Morgan fingerprint density at radius 2 is 1.61 bits per heavy atom. The van der Waals surface area contributed by atoms with Gasteiger partial charge in [0, 0.05) is 16.1 Å². The number of hydrogen-bond acceptors (Lipinski definition) is 2. The fraction of sp³-hybridized carbons (Fsp3) is 0. The van der Waals surface area contributed by atoms with Crippen LogP contribution in [-0.2, 0) is 0 Å². The molecule has 0 N–H and O–H groups in total. The highest BCUT2D eigenvalue weighted by Gasteiger charge is 2.15. The van der Waals surface area contributed by atoms with Crippen LogP contribution in [0, 0.1) is 0 Å². The summed E-state index contributed by atoms with van der Waals surface area (Å²) >= 11 is 23.8. The van der Waals surface area contributed by atoms with E-state index in [0.29, 0.717) is 38.2 Å². The van der Waals surface area contributed by atoms with Crippen molar-refractivity contribution < 1.29 is 4.79 Å². The van der Waals surface area contributed by atoms with Gasteiger partial charge >= 0.3 is 0 Å². The molecule has 0 spiro atoms. The van der Waals surface area contributed by atoms with Crippen LogP contribution < -0.4 is 0 Å². The number of aromatic nitrogens is 1. The van der Waals surface area contributed by atoms with Crippen molar-refractivity contribution in [2.75, 3.05) is 0 Å². The summed E-state index contributed by atoms with van der Waals surface area (Å²) in [7, 11) is 0. The molecule has 0 aliphatic rings. The van der Waals surface area contributed by atoms with E-state index in [-0.39, 0.29) is 5.15 Å². The summed E-state index contributed by atoms with van der Waals surface area (Å²) in [4.78, 5) is 15.1. The first kappa shape index (κ1) is 13.6. The zero-order valence-corrected chi connectivity index (χ0v) is 11.8. The van der Waals surface area contributed by atoms with Crippen molar-refractivity contribution in [1.29, 1.82) is 0 Å². The molecule has 18 heavy (non-hydrogen) atoms. The molecule has 0 radical (unpaired) electrons. The first-order valence-electron chi connectivity index (χ1n) is 4.79. The molecule has 0 aliphatic carbocycles. The van der Waals surface area contributed by atoms with Crippen molar-refractivity contribution in [3.8, 4) is 11.3 Å². The van der Waals surface area contributed by atoms with E-state index in [1.54, 1.807) is 6.07 Å². The molecule has 0 saturated heterocycles. The van der Waals surface area contributed by atoms with Crippen LogP contribution in [-0.4, -0.2) is 11.3 Å². The Hall–Kier alpha value is -0.800. The van der Waals surface area contributed by atoms with Gasteiger partial charge in [-0.25, -0.2) is 4.98 Å². The van der Waals surface area contributed by atoms with E-state index in [0.717, 1.165) is 0 Å². The molecule has 1 aromatic heterocycles. The molecular formula is C12H5Cl4NO. The number of carbonyl (C=O) groups excluding carboxylic acids is 1. The van der Waals surface area contributed by atoms with Crippen LogP contribution in [0.15, 0.2) is 24.3 Å². The number of pyridine rings is 1. The van der Waals surface area contributed by atoms with Crippen molar-refractivity contribution >= 4 is 52.7 Å². The second-order valence-electron chi connectivity index (χ2n) is 3.43. The Bertz CT molecular complexity index is 604. The third kappa shape index (κ3) is 2.62. The van der Waals surface area contributed by atoms with E-state index < -0.39 is 0 Å². The number of nitrogens with zero attached hydrogens (tertiary/aromatic N) is 1. The van der Waals surface area contributed by atoms with Crippen molar-refractivity contribution in [2.24, 2.45) is 0 Å². The van der Waals surface area contributed by atoms with Gasteiger partial charge in [-0.2, -0.15) is 0 Å². The molecule has 0 bridgehead atoms. The normalized spacial score (nSPS) is 10.4. The van der Waals surface area contributed by atoms with Gasteiger partial charge in [-0.15, -0.1) is 0 Å². The summed E-state index contributed by atoms with van der Waals surface area (Å²) in [6.07, 6.45) is 0.667. The zero-order chi connectivity index (χ0) is 13.3. The average molecular weight is 321 g/mol. The monoisotopic (exact) mass is 319 g/mol. The predicted octanol–water partition coefficient (Wildman–Crippen LogP) is 5.17. The summed E-state index contributed by atoms with van der Waals surface area (Å²) in [5.41, 5.74) is 1.13. The predicted molar refractivity (Wildman–Crippen MR) is 75.1 cm³/mol. The molecule has 0 amide bonds. The number of halogens is 4. The number of aldehydes is 1. The van der Waals surface area contributed by atoms with Crippen LogP contribution >= 0.6 is 46.4 Å². The summed E-state index contributed by atoms with van der Waals surface area (Å²) in [5, 5.41) is 1.27. The first-order chi connectivity index (χ1) is 8.52. The second kappa shape index (κ2) is 5.45. The van der Waals surface area contributed by atoms with Crippen LogP contribution in [0.5, 0.6) is 0 Å². The number of benzene rings is 1. The fourth-order valence-corrected chi connectivity index (χ4v) is 2.65. The van der Waals surface area contributed by atoms with Crippen LogP contribution in [0.3, 0.4) is 0 Å². The van der Waals surface area contributed by atoms with E-state index in [2.05, 4.69) is 4.98 Å². The minimum Gasteiger partial charge on any atom is -0.298 e. The van der Waals surface area contributed by atoms with E-state index in [4.69, 9.17) is 46.4 Å². The minimum atomic E-state index is 0.248. The van der Waals surface area contributed by atoms with Crippen LogP contribution in [0.1, 0.15) is 10.4 Å². The smallest absolute Gasteiger partial charge is 0.152 e. The topological polar surface area (TPSA) is 30.0 Å². The summed E-state index contributed by atoms with van der Waals surface area (Å²) in [6, 6.07) is 6.13. The van der Waals surface area contributed by atoms with Crippen LogP contribution in [0.4, 0.5) is 0 Å². The van der Waals surface area contributed by atoms with Gasteiger partial charge in [-0.1, -0.05) is 46.4 Å². The lowest BCUT2D eigenvalue weighted by atomic mass is 10.1. The molecule has 0 atom stereocenters. The lowest BCUT2D eigenvalue weighted by molar-refractivity contribution is 0.112. The van der Waals surface area contributed by atoms with Gasteiger partial charge in [0.2, 0.25) is 0 Å².